The van der Waals surface area contributed by atoms with Crippen LogP contribution in [0, 0.1) is 0 Å². The van der Waals surface area contributed by atoms with Gasteiger partial charge in [-0.25, -0.2) is 0 Å². The van der Waals surface area contributed by atoms with Crippen LogP contribution in [-0.2, 0) is 16.8 Å². The summed E-state index contributed by atoms with van der Waals surface area (Å²) in [6.45, 7) is 8.33. The van der Waals surface area contributed by atoms with Crippen molar-refractivity contribution in [3.8, 4) is 0 Å². The Labute approximate surface area is 144 Å². The fraction of sp³-hybridized carbons (Fsp3) is 0.400. The molecule has 1 aromatic carbocycles. The summed E-state index contributed by atoms with van der Waals surface area (Å²) in [5, 5.41) is 0. The third-order valence-corrected chi connectivity index (χ3v) is 4.82. The van der Waals surface area contributed by atoms with Crippen LogP contribution in [0.25, 0.3) is 0 Å². The van der Waals surface area contributed by atoms with E-state index in [9.17, 15) is 4.79 Å². The first kappa shape index (κ1) is 16.7. The molecule has 0 N–H and O–H groups in total. The molecule has 1 aliphatic rings. The van der Waals surface area contributed by atoms with E-state index in [0.717, 1.165) is 38.3 Å². The first-order valence-electron chi connectivity index (χ1n) is 8.53. The molecule has 1 amide bonds. The molecule has 4 heteroatoms. The van der Waals surface area contributed by atoms with Gasteiger partial charge in [0.15, 0.2) is 0 Å². The minimum absolute atomic E-state index is 0.217. The van der Waals surface area contributed by atoms with Crippen molar-refractivity contribution in [1.29, 1.82) is 0 Å². The maximum atomic E-state index is 13.0. The molecule has 1 saturated heterocycles. The molecule has 0 atom stereocenters. The number of hydrogen-bond acceptors (Lipinski definition) is 3. The van der Waals surface area contributed by atoms with E-state index < -0.39 is 5.41 Å². The number of nitrogens with zero attached hydrogens (tertiary/aromatic N) is 3. The van der Waals surface area contributed by atoms with Gasteiger partial charge in [0.25, 0.3) is 0 Å². The van der Waals surface area contributed by atoms with Crippen molar-refractivity contribution in [3.05, 3.63) is 66.0 Å². The predicted molar refractivity (Wildman–Crippen MR) is 95.6 cm³/mol. The highest BCUT2D eigenvalue weighted by atomic mass is 16.2. The average Bonchev–Trinajstić information content (AvgIpc) is 2.63. The molecule has 24 heavy (non-hydrogen) atoms. The molecular weight excluding hydrogens is 298 g/mol. The molecule has 0 aliphatic carbocycles. The molecule has 2 heterocycles. The third kappa shape index (κ3) is 3.65. The minimum atomic E-state index is -0.479. The molecule has 1 aliphatic heterocycles. The van der Waals surface area contributed by atoms with Crippen molar-refractivity contribution in [2.75, 3.05) is 26.2 Å². The zero-order chi connectivity index (χ0) is 17.0. The lowest BCUT2D eigenvalue weighted by atomic mass is 9.83. The van der Waals surface area contributed by atoms with Gasteiger partial charge in [0, 0.05) is 45.1 Å². The lowest BCUT2D eigenvalue weighted by molar-refractivity contribution is -0.138. The van der Waals surface area contributed by atoms with Crippen molar-refractivity contribution in [3.63, 3.8) is 0 Å². The van der Waals surface area contributed by atoms with Crippen LogP contribution in [0.1, 0.15) is 25.0 Å². The van der Waals surface area contributed by atoms with E-state index in [-0.39, 0.29) is 5.91 Å². The predicted octanol–water partition coefficient (Wildman–Crippen LogP) is 2.70. The highest BCUT2D eigenvalue weighted by molar-refractivity contribution is 5.87. The van der Waals surface area contributed by atoms with E-state index in [1.165, 1.54) is 5.56 Å². The van der Waals surface area contributed by atoms with E-state index in [1.54, 1.807) is 6.20 Å². The van der Waals surface area contributed by atoms with Gasteiger partial charge in [0.2, 0.25) is 5.91 Å². The van der Waals surface area contributed by atoms with Gasteiger partial charge in [-0.3, -0.25) is 14.7 Å². The first-order chi connectivity index (χ1) is 11.6. The number of pyridine rings is 1. The Kier molecular flexibility index (Phi) is 4.95. The van der Waals surface area contributed by atoms with Gasteiger partial charge in [-0.2, -0.15) is 0 Å². The summed E-state index contributed by atoms with van der Waals surface area (Å²) in [4.78, 5) is 21.5. The van der Waals surface area contributed by atoms with Crippen LogP contribution in [0.5, 0.6) is 0 Å². The normalized spacial score (nSPS) is 16.2. The zero-order valence-electron chi connectivity index (χ0n) is 14.5. The molecule has 1 aromatic heterocycles. The van der Waals surface area contributed by atoms with Crippen molar-refractivity contribution in [1.82, 2.24) is 14.8 Å². The summed E-state index contributed by atoms with van der Waals surface area (Å²) in [6, 6.07) is 14.1. The van der Waals surface area contributed by atoms with Crippen molar-refractivity contribution < 1.29 is 4.79 Å². The molecule has 0 unspecified atom stereocenters. The van der Waals surface area contributed by atoms with E-state index in [4.69, 9.17) is 0 Å². The van der Waals surface area contributed by atoms with Crippen LogP contribution in [0.3, 0.4) is 0 Å². The van der Waals surface area contributed by atoms with Gasteiger partial charge < -0.3 is 4.90 Å². The van der Waals surface area contributed by atoms with E-state index in [1.807, 2.05) is 61.3 Å². The highest BCUT2D eigenvalue weighted by Crippen LogP contribution is 2.26. The fourth-order valence-corrected chi connectivity index (χ4v) is 3.23. The van der Waals surface area contributed by atoms with Gasteiger partial charge in [-0.05, 0) is 31.0 Å². The lowest BCUT2D eigenvalue weighted by Crippen LogP contribution is -2.52. The average molecular weight is 323 g/mol. The van der Waals surface area contributed by atoms with Crippen LogP contribution in [0.2, 0.25) is 0 Å². The number of rotatable bonds is 4. The second-order valence-corrected chi connectivity index (χ2v) is 6.92. The molecule has 0 bridgehead atoms. The molecule has 4 nitrogen and oxygen atoms in total. The number of carbonyl (C=O) groups is 1. The summed E-state index contributed by atoms with van der Waals surface area (Å²) in [6.07, 6.45) is 3.71. The Hall–Kier alpha value is -2.20. The quantitative estimate of drug-likeness (QED) is 0.868. The molecule has 2 aromatic rings. The molecule has 126 valence electrons. The van der Waals surface area contributed by atoms with E-state index in [0.29, 0.717) is 0 Å². The van der Waals surface area contributed by atoms with Crippen LogP contribution in [0.4, 0.5) is 0 Å². The second-order valence-electron chi connectivity index (χ2n) is 6.92. The standard InChI is InChI=1S/C20H25N3O/c1-20(2,18-8-4-3-5-9-18)19(24)23-13-11-22(12-14-23)16-17-7-6-10-21-15-17/h3-10,15H,11-14,16H2,1-2H3. The monoisotopic (exact) mass is 323 g/mol. The van der Waals surface area contributed by atoms with Crippen molar-refractivity contribution in [2.45, 2.75) is 25.8 Å². The van der Waals surface area contributed by atoms with Crippen molar-refractivity contribution in [2.24, 2.45) is 0 Å². The summed E-state index contributed by atoms with van der Waals surface area (Å²) in [5.41, 5.74) is 1.82. The molecule has 0 radical (unpaired) electrons. The number of carbonyl (C=O) groups excluding carboxylic acids is 1. The number of aromatic nitrogens is 1. The van der Waals surface area contributed by atoms with Gasteiger partial charge in [-0.15, -0.1) is 0 Å². The molecule has 1 fully saturated rings. The topological polar surface area (TPSA) is 36.4 Å². The maximum Gasteiger partial charge on any atom is 0.232 e. The molecular formula is C20H25N3O. The maximum absolute atomic E-state index is 13.0. The lowest BCUT2D eigenvalue weighted by Gasteiger charge is -2.38. The van der Waals surface area contributed by atoms with Gasteiger partial charge in [-0.1, -0.05) is 36.4 Å². The Balaban J connectivity index is 1.59. The SMILES string of the molecule is CC(C)(C(=O)N1CCN(Cc2cccnc2)CC1)c1ccccc1. The van der Waals surface area contributed by atoms with Gasteiger partial charge in [0.1, 0.15) is 0 Å². The van der Waals surface area contributed by atoms with Crippen LogP contribution in [-0.4, -0.2) is 46.9 Å². The number of amides is 1. The van der Waals surface area contributed by atoms with Crippen LogP contribution in [0.15, 0.2) is 54.9 Å². The van der Waals surface area contributed by atoms with Crippen LogP contribution < -0.4 is 0 Å². The van der Waals surface area contributed by atoms with Gasteiger partial charge >= 0.3 is 0 Å². The first-order valence-corrected chi connectivity index (χ1v) is 8.53. The highest BCUT2D eigenvalue weighted by Gasteiger charge is 2.34. The largest absolute Gasteiger partial charge is 0.339 e. The third-order valence-electron chi connectivity index (χ3n) is 4.82. The molecule has 0 spiro atoms. The molecule has 0 saturated carbocycles. The van der Waals surface area contributed by atoms with Crippen LogP contribution >= 0.6 is 0 Å². The summed E-state index contributed by atoms with van der Waals surface area (Å²) in [7, 11) is 0. The fourth-order valence-electron chi connectivity index (χ4n) is 3.23. The smallest absolute Gasteiger partial charge is 0.232 e. The van der Waals surface area contributed by atoms with Crippen molar-refractivity contribution >= 4 is 5.91 Å². The number of piperazine rings is 1. The van der Waals surface area contributed by atoms with E-state index >= 15 is 0 Å². The van der Waals surface area contributed by atoms with E-state index in [2.05, 4.69) is 16.0 Å². The minimum Gasteiger partial charge on any atom is -0.339 e. The number of hydrogen-bond donors (Lipinski definition) is 0. The Bertz CT molecular complexity index is 662. The summed E-state index contributed by atoms with van der Waals surface area (Å²) in [5.74, 6) is 0.217. The second kappa shape index (κ2) is 7.14. The summed E-state index contributed by atoms with van der Waals surface area (Å²) >= 11 is 0. The summed E-state index contributed by atoms with van der Waals surface area (Å²) < 4.78 is 0. The Morgan fingerprint density at radius 2 is 1.75 bits per heavy atom. The Morgan fingerprint density at radius 1 is 1.04 bits per heavy atom. The number of benzene rings is 1. The van der Waals surface area contributed by atoms with Gasteiger partial charge in [0.05, 0.1) is 5.41 Å². The zero-order valence-corrected chi connectivity index (χ0v) is 14.5. The molecule has 3 rings (SSSR count). The Morgan fingerprint density at radius 3 is 2.38 bits per heavy atom.